The fourth-order valence-electron chi connectivity index (χ4n) is 2.48. The van der Waals surface area contributed by atoms with Crippen molar-refractivity contribution in [1.29, 1.82) is 0 Å². The molecular formula is C18H13F3N2O. The van der Waals surface area contributed by atoms with Crippen molar-refractivity contribution in [2.45, 2.75) is 13.1 Å². The van der Waals surface area contributed by atoms with Gasteiger partial charge in [-0.2, -0.15) is 13.2 Å². The molecule has 2 aromatic carbocycles. The van der Waals surface area contributed by atoms with E-state index in [1.165, 1.54) is 19.2 Å². The molecule has 1 heterocycles. The zero-order valence-electron chi connectivity index (χ0n) is 12.7. The second kappa shape index (κ2) is 5.96. The summed E-state index contributed by atoms with van der Waals surface area (Å²) in [4.78, 5) is 15.8. The Morgan fingerprint density at radius 3 is 2.50 bits per heavy atom. The Balaban J connectivity index is 2.12. The Morgan fingerprint density at radius 1 is 1.04 bits per heavy atom. The first kappa shape index (κ1) is 16.0. The van der Waals surface area contributed by atoms with Crippen LogP contribution in [-0.2, 0) is 6.18 Å². The number of para-hydroxylation sites is 1. The molecule has 6 heteroatoms. The summed E-state index contributed by atoms with van der Waals surface area (Å²) in [5.74, 6) is -0.132. The highest BCUT2D eigenvalue weighted by molar-refractivity contribution is 6.02. The van der Waals surface area contributed by atoms with Crippen molar-refractivity contribution in [3.8, 4) is 0 Å². The van der Waals surface area contributed by atoms with Crippen LogP contribution >= 0.6 is 0 Å². The minimum Gasteiger partial charge on any atom is -0.354 e. The number of nitrogens with zero attached hydrogens (tertiary/aromatic N) is 1. The van der Waals surface area contributed by atoms with Crippen molar-refractivity contribution in [2.75, 3.05) is 5.32 Å². The number of hydrogen-bond acceptors (Lipinski definition) is 3. The Morgan fingerprint density at radius 2 is 1.79 bits per heavy atom. The number of hydrogen-bond donors (Lipinski definition) is 1. The van der Waals surface area contributed by atoms with E-state index in [-0.39, 0.29) is 5.78 Å². The summed E-state index contributed by atoms with van der Waals surface area (Å²) in [6.45, 7) is 1.44. The molecule has 0 unspecified atom stereocenters. The van der Waals surface area contributed by atoms with Crippen LogP contribution in [0.2, 0.25) is 0 Å². The lowest BCUT2D eigenvalue weighted by Crippen LogP contribution is -2.05. The third-order valence-electron chi connectivity index (χ3n) is 3.64. The number of aromatic nitrogens is 1. The van der Waals surface area contributed by atoms with Gasteiger partial charge >= 0.3 is 6.18 Å². The zero-order valence-corrected chi connectivity index (χ0v) is 12.7. The van der Waals surface area contributed by atoms with Gasteiger partial charge in [-0.05, 0) is 43.3 Å². The quantitative estimate of drug-likeness (QED) is 0.671. The Labute approximate surface area is 136 Å². The number of carbonyl (C=O) groups excluding carboxylic acids is 1. The van der Waals surface area contributed by atoms with E-state index in [1.807, 2.05) is 0 Å². The maximum atomic E-state index is 13.0. The molecule has 3 aromatic rings. The van der Waals surface area contributed by atoms with Crippen molar-refractivity contribution < 1.29 is 18.0 Å². The molecule has 0 aliphatic carbocycles. The van der Waals surface area contributed by atoms with Gasteiger partial charge in [0.15, 0.2) is 5.78 Å². The normalized spacial score (nSPS) is 11.5. The monoisotopic (exact) mass is 330 g/mol. The lowest BCUT2D eigenvalue weighted by atomic mass is 10.1. The summed E-state index contributed by atoms with van der Waals surface area (Å²) in [5, 5.41) is 3.39. The van der Waals surface area contributed by atoms with Crippen LogP contribution in [0.1, 0.15) is 22.8 Å². The third-order valence-corrected chi connectivity index (χ3v) is 3.64. The molecule has 1 aromatic heterocycles. The van der Waals surface area contributed by atoms with Crippen LogP contribution in [0.4, 0.5) is 24.5 Å². The molecule has 122 valence electrons. The second-order valence-corrected chi connectivity index (χ2v) is 5.31. The summed E-state index contributed by atoms with van der Waals surface area (Å²) in [6.07, 6.45) is -2.92. The van der Waals surface area contributed by atoms with E-state index in [1.54, 1.807) is 30.3 Å². The molecule has 0 spiro atoms. The predicted octanol–water partition coefficient (Wildman–Crippen LogP) is 5.20. The van der Waals surface area contributed by atoms with Gasteiger partial charge in [0, 0.05) is 28.5 Å². The lowest BCUT2D eigenvalue weighted by molar-refractivity contribution is -0.137. The number of pyridine rings is 1. The summed E-state index contributed by atoms with van der Waals surface area (Å²) < 4.78 is 38.9. The highest BCUT2D eigenvalue weighted by Gasteiger charge is 2.30. The van der Waals surface area contributed by atoms with E-state index in [2.05, 4.69) is 10.3 Å². The first-order valence-corrected chi connectivity index (χ1v) is 7.19. The number of nitrogens with one attached hydrogen (secondary N) is 1. The molecule has 3 rings (SSSR count). The van der Waals surface area contributed by atoms with Crippen molar-refractivity contribution in [1.82, 2.24) is 4.98 Å². The smallest absolute Gasteiger partial charge is 0.354 e. The highest BCUT2D eigenvalue weighted by Crippen LogP contribution is 2.34. The van der Waals surface area contributed by atoms with E-state index in [4.69, 9.17) is 0 Å². The Hall–Kier alpha value is -2.89. The van der Waals surface area contributed by atoms with Crippen LogP contribution in [0.25, 0.3) is 10.9 Å². The van der Waals surface area contributed by atoms with Gasteiger partial charge in [-0.25, -0.2) is 0 Å². The van der Waals surface area contributed by atoms with Crippen molar-refractivity contribution in [3.63, 3.8) is 0 Å². The first-order valence-electron chi connectivity index (χ1n) is 7.19. The maximum Gasteiger partial charge on any atom is 0.416 e. The molecule has 0 saturated heterocycles. The topological polar surface area (TPSA) is 42.0 Å². The largest absolute Gasteiger partial charge is 0.416 e. The summed E-state index contributed by atoms with van der Waals surface area (Å²) in [7, 11) is 0. The molecule has 0 radical (unpaired) electrons. The Bertz CT molecular complexity index is 920. The molecule has 0 amide bonds. The zero-order chi connectivity index (χ0) is 17.3. The molecule has 1 N–H and O–H groups in total. The van der Waals surface area contributed by atoms with Crippen LogP contribution in [0, 0.1) is 0 Å². The number of rotatable bonds is 3. The molecule has 0 saturated carbocycles. The fraction of sp³-hybridized carbons (Fsp3) is 0.111. The van der Waals surface area contributed by atoms with E-state index in [0.29, 0.717) is 27.8 Å². The third kappa shape index (κ3) is 3.08. The lowest BCUT2D eigenvalue weighted by Gasteiger charge is -2.14. The van der Waals surface area contributed by atoms with Crippen LogP contribution in [0.5, 0.6) is 0 Å². The number of anilines is 2. The molecule has 24 heavy (non-hydrogen) atoms. The second-order valence-electron chi connectivity index (χ2n) is 5.31. The molecule has 0 atom stereocenters. The number of Topliss-reactive ketones (excluding diaryl/α,β-unsaturated/α-hetero) is 1. The van der Waals surface area contributed by atoms with Gasteiger partial charge in [0.05, 0.1) is 11.1 Å². The molecule has 0 aliphatic rings. The van der Waals surface area contributed by atoms with Gasteiger partial charge in [0.1, 0.15) is 0 Å². The van der Waals surface area contributed by atoms with Gasteiger partial charge in [0.2, 0.25) is 0 Å². The number of fused-ring (bicyclic) bond motifs is 1. The number of carbonyl (C=O) groups is 1. The maximum absolute atomic E-state index is 13.0. The van der Waals surface area contributed by atoms with E-state index in [0.717, 1.165) is 12.1 Å². The Kier molecular flexibility index (Phi) is 3.97. The molecular weight excluding hydrogens is 317 g/mol. The number of ketones is 1. The number of benzene rings is 2. The number of halogens is 3. The summed E-state index contributed by atoms with van der Waals surface area (Å²) in [5.41, 5.74) is 1.16. The van der Waals surface area contributed by atoms with Crippen LogP contribution in [0.15, 0.2) is 54.7 Å². The highest BCUT2D eigenvalue weighted by atomic mass is 19.4. The molecule has 0 bridgehead atoms. The van der Waals surface area contributed by atoms with Crippen LogP contribution < -0.4 is 5.32 Å². The van der Waals surface area contributed by atoms with Gasteiger partial charge in [0.25, 0.3) is 0 Å². The average Bonchev–Trinajstić information content (AvgIpc) is 2.54. The summed E-state index contributed by atoms with van der Waals surface area (Å²) >= 11 is 0. The SMILES string of the molecule is CC(=O)c1ccccc1Nc1ccnc2ccc(C(F)(F)F)cc12. The molecule has 0 aliphatic heterocycles. The van der Waals surface area contributed by atoms with Gasteiger partial charge in [-0.3, -0.25) is 9.78 Å². The van der Waals surface area contributed by atoms with Gasteiger partial charge in [-0.1, -0.05) is 12.1 Å². The first-order chi connectivity index (χ1) is 11.4. The minimum absolute atomic E-state index is 0.132. The fourth-order valence-corrected chi connectivity index (χ4v) is 2.48. The van der Waals surface area contributed by atoms with Crippen LogP contribution in [0.3, 0.4) is 0 Å². The standard InChI is InChI=1S/C18H13F3N2O/c1-11(24)13-4-2-3-5-16(13)23-17-8-9-22-15-7-6-12(10-14(15)17)18(19,20)21/h2-10H,1H3,(H,22,23). The van der Waals surface area contributed by atoms with Crippen molar-refractivity contribution in [3.05, 3.63) is 65.9 Å². The average molecular weight is 330 g/mol. The van der Waals surface area contributed by atoms with Gasteiger partial charge < -0.3 is 5.32 Å². The predicted molar refractivity (Wildman–Crippen MR) is 86.5 cm³/mol. The van der Waals surface area contributed by atoms with Crippen molar-refractivity contribution in [2.24, 2.45) is 0 Å². The van der Waals surface area contributed by atoms with E-state index in [9.17, 15) is 18.0 Å². The number of alkyl halides is 3. The van der Waals surface area contributed by atoms with E-state index < -0.39 is 11.7 Å². The van der Waals surface area contributed by atoms with Crippen molar-refractivity contribution >= 4 is 28.1 Å². The minimum atomic E-state index is -4.43. The molecule has 0 fully saturated rings. The molecule has 3 nitrogen and oxygen atoms in total. The van der Waals surface area contributed by atoms with E-state index >= 15 is 0 Å². The summed E-state index contributed by atoms with van der Waals surface area (Å²) in [6, 6.07) is 11.8. The van der Waals surface area contributed by atoms with Gasteiger partial charge in [-0.15, -0.1) is 0 Å². The van der Waals surface area contributed by atoms with Crippen LogP contribution in [-0.4, -0.2) is 10.8 Å².